The molecule has 1 atom stereocenters. The van der Waals surface area contributed by atoms with Gasteiger partial charge in [0.15, 0.2) is 5.82 Å². The van der Waals surface area contributed by atoms with E-state index >= 15 is 0 Å². The molecular formula is C49H38N4. The number of nitrogens with zero attached hydrogens (tertiary/aromatic N) is 4. The molecule has 6 aromatic carbocycles. The van der Waals surface area contributed by atoms with E-state index < -0.39 is 0 Å². The lowest BCUT2D eigenvalue weighted by Gasteiger charge is -2.24. The first kappa shape index (κ1) is 32.3. The van der Waals surface area contributed by atoms with Crippen molar-refractivity contribution >= 4 is 16.6 Å². The van der Waals surface area contributed by atoms with E-state index in [1.165, 1.54) is 22.3 Å². The minimum Gasteiger partial charge on any atom is -0.296 e. The molecule has 8 aromatic rings. The number of aryl methyl sites for hydroxylation is 1. The molecule has 0 fully saturated rings. The van der Waals surface area contributed by atoms with Crippen molar-refractivity contribution in [2.45, 2.75) is 25.7 Å². The third-order valence-electron chi connectivity index (χ3n) is 10.2. The van der Waals surface area contributed by atoms with Gasteiger partial charge in [-0.3, -0.25) is 4.57 Å². The number of para-hydroxylation sites is 2. The van der Waals surface area contributed by atoms with Gasteiger partial charge in [0, 0.05) is 34.7 Å². The smallest absolute Gasteiger partial charge is 0.160 e. The predicted octanol–water partition coefficient (Wildman–Crippen LogP) is 12.2. The fourth-order valence-corrected chi connectivity index (χ4v) is 7.53. The van der Waals surface area contributed by atoms with Gasteiger partial charge in [-0.25, -0.2) is 15.0 Å². The van der Waals surface area contributed by atoms with Gasteiger partial charge in [-0.1, -0.05) is 146 Å². The lowest BCUT2D eigenvalue weighted by atomic mass is 9.81. The summed E-state index contributed by atoms with van der Waals surface area (Å²) in [7, 11) is 0. The Kier molecular flexibility index (Phi) is 8.63. The highest BCUT2D eigenvalue weighted by molar-refractivity contribution is 5.81. The summed E-state index contributed by atoms with van der Waals surface area (Å²) in [6.45, 7) is 2.18. The molecule has 2 aromatic heterocycles. The van der Waals surface area contributed by atoms with Crippen molar-refractivity contribution < 1.29 is 0 Å². The van der Waals surface area contributed by atoms with Crippen LogP contribution in [0.5, 0.6) is 0 Å². The summed E-state index contributed by atoms with van der Waals surface area (Å²) in [5.41, 5.74) is 14.4. The first-order valence-corrected chi connectivity index (χ1v) is 18.4. The van der Waals surface area contributed by atoms with E-state index in [0.29, 0.717) is 5.82 Å². The lowest BCUT2D eigenvalue weighted by Crippen LogP contribution is -2.06. The Morgan fingerprint density at radius 1 is 0.547 bits per heavy atom. The van der Waals surface area contributed by atoms with Gasteiger partial charge in [-0.2, -0.15) is 0 Å². The zero-order valence-electron chi connectivity index (χ0n) is 29.6. The van der Waals surface area contributed by atoms with Gasteiger partial charge in [0.1, 0.15) is 5.82 Å². The van der Waals surface area contributed by atoms with Crippen LogP contribution in [-0.2, 0) is 6.42 Å². The van der Waals surface area contributed by atoms with Gasteiger partial charge in [0.2, 0.25) is 0 Å². The minimum atomic E-state index is 0.232. The molecule has 9 rings (SSSR count). The van der Waals surface area contributed by atoms with Crippen molar-refractivity contribution in [2.24, 2.45) is 0 Å². The van der Waals surface area contributed by atoms with Gasteiger partial charge >= 0.3 is 0 Å². The SMILES string of the molecule is CCc1nc2ccccc2n1-c1cccc(C2CC=CC=C2c2cccc(-c3cccc(-c4cc(-c5ccccc5)nc(-c5ccccc5)n4)c3)c2)c1. The molecule has 53 heavy (non-hydrogen) atoms. The maximum absolute atomic E-state index is 5.09. The molecule has 0 spiro atoms. The molecule has 0 amide bonds. The molecule has 4 heteroatoms. The highest BCUT2D eigenvalue weighted by Crippen LogP contribution is 2.40. The Morgan fingerprint density at radius 3 is 1.94 bits per heavy atom. The van der Waals surface area contributed by atoms with Crippen molar-refractivity contribution in [3.8, 4) is 50.7 Å². The van der Waals surface area contributed by atoms with Crippen LogP contribution >= 0.6 is 0 Å². The van der Waals surface area contributed by atoms with Gasteiger partial charge in [-0.05, 0) is 76.7 Å². The number of imidazole rings is 1. The average Bonchev–Trinajstić information content (AvgIpc) is 3.63. The van der Waals surface area contributed by atoms with Gasteiger partial charge in [0.25, 0.3) is 0 Å². The molecule has 0 aliphatic heterocycles. The topological polar surface area (TPSA) is 43.6 Å². The van der Waals surface area contributed by atoms with Gasteiger partial charge < -0.3 is 0 Å². The molecule has 254 valence electrons. The number of rotatable bonds is 8. The van der Waals surface area contributed by atoms with Crippen LogP contribution in [0.1, 0.15) is 36.2 Å². The van der Waals surface area contributed by atoms with E-state index in [9.17, 15) is 0 Å². The molecular weight excluding hydrogens is 645 g/mol. The number of aromatic nitrogens is 4. The quantitative estimate of drug-likeness (QED) is 0.160. The normalized spacial score (nSPS) is 14.0. The Labute approximate surface area is 310 Å². The lowest BCUT2D eigenvalue weighted by molar-refractivity contribution is 0.864. The molecule has 0 N–H and O–H groups in total. The zero-order valence-corrected chi connectivity index (χ0v) is 29.6. The number of hydrogen-bond donors (Lipinski definition) is 0. The van der Waals surface area contributed by atoms with Crippen molar-refractivity contribution in [3.05, 3.63) is 199 Å². The molecule has 0 saturated heterocycles. The molecule has 2 heterocycles. The van der Waals surface area contributed by atoms with Gasteiger partial charge in [0.05, 0.1) is 22.4 Å². The van der Waals surface area contributed by atoms with E-state index in [4.69, 9.17) is 15.0 Å². The first-order chi connectivity index (χ1) is 26.2. The summed E-state index contributed by atoms with van der Waals surface area (Å²) in [4.78, 5) is 15.0. The standard InChI is InChI=1S/C49H38N4/c1-2-48-50-44-28-11-12-29-47(44)53(48)41-25-15-23-39(32-41)43-27-10-9-26-42(43)38-22-13-20-36(30-38)37-21-14-24-40(31-37)46-33-45(34-16-5-3-6-17-34)51-49(52-46)35-18-7-4-8-19-35/h3-26,28-33,43H,2,27H2,1H3. The monoisotopic (exact) mass is 682 g/mol. The highest BCUT2D eigenvalue weighted by atomic mass is 15.1. The second kappa shape index (κ2) is 14.2. The van der Waals surface area contributed by atoms with E-state index in [-0.39, 0.29) is 5.92 Å². The summed E-state index contributed by atoms with van der Waals surface area (Å²) >= 11 is 0. The fourth-order valence-electron chi connectivity index (χ4n) is 7.53. The Bertz CT molecular complexity index is 2570. The third-order valence-corrected chi connectivity index (χ3v) is 10.2. The molecule has 4 nitrogen and oxygen atoms in total. The van der Waals surface area contributed by atoms with Crippen LogP contribution in [0.2, 0.25) is 0 Å². The van der Waals surface area contributed by atoms with Crippen molar-refractivity contribution in [3.63, 3.8) is 0 Å². The summed E-state index contributed by atoms with van der Waals surface area (Å²) in [6, 6.07) is 57.8. The van der Waals surface area contributed by atoms with Gasteiger partial charge in [-0.15, -0.1) is 0 Å². The molecule has 0 saturated carbocycles. The number of allylic oxidation sites excluding steroid dienone is 4. The molecule has 0 radical (unpaired) electrons. The second-order valence-electron chi connectivity index (χ2n) is 13.5. The maximum atomic E-state index is 5.09. The van der Waals surface area contributed by atoms with Crippen molar-refractivity contribution in [1.29, 1.82) is 0 Å². The molecule has 1 aliphatic carbocycles. The second-order valence-corrected chi connectivity index (χ2v) is 13.5. The van der Waals surface area contributed by atoms with Crippen molar-refractivity contribution in [1.82, 2.24) is 19.5 Å². The predicted molar refractivity (Wildman–Crippen MR) is 219 cm³/mol. The maximum Gasteiger partial charge on any atom is 0.160 e. The highest BCUT2D eigenvalue weighted by Gasteiger charge is 2.21. The Hall–Kier alpha value is -6.65. The molecule has 1 unspecified atom stereocenters. The zero-order chi connectivity index (χ0) is 35.6. The number of hydrogen-bond acceptors (Lipinski definition) is 3. The Balaban J connectivity index is 1.07. The fraction of sp³-hybridized carbons (Fsp3) is 0.0816. The van der Waals surface area contributed by atoms with Crippen LogP contribution in [0.25, 0.3) is 67.3 Å². The number of fused-ring (bicyclic) bond motifs is 1. The van der Waals surface area contributed by atoms with E-state index in [0.717, 1.165) is 69.0 Å². The van der Waals surface area contributed by atoms with Crippen LogP contribution < -0.4 is 0 Å². The average molecular weight is 683 g/mol. The third kappa shape index (κ3) is 6.41. The summed E-state index contributed by atoms with van der Waals surface area (Å²) in [5, 5.41) is 0. The van der Waals surface area contributed by atoms with E-state index in [2.05, 4.69) is 169 Å². The molecule has 0 bridgehead atoms. The molecule has 1 aliphatic rings. The largest absolute Gasteiger partial charge is 0.296 e. The first-order valence-electron chi connectivity index (χ1n) is 18.4. The van der Waals surface area contributed by atoms with Crippen molar-refractivity contribution in [2.75, 3.05) is 0 Å². The van der Waals surface area contributed by atoms with Crippen LogP contribution in [0, 0.1) is 0 Å². The van der Waals surface area contributed by atoms with Crippen LogP contribution in [0.3, 0.4) is 0 Å². The summed E-state index contributed by atoms with van der Waals surface area (Å²) < 4.78 is 2.32. The van der Waals surface area contributed by atoms with Crippen LogP contribution in [0.15, 0.2) is 182 Å². The van der Waals surface area contributed by atoms with E-state index in [1.807, 2.05) is 24.3 Å². The summed E-state index contributed by atoms with van der Waals surface area (Å²) in [5.74, 6) is 2.02. The Morgan fingerprint density at radius 2 is 1.17 bits per heavy atom. The minimum absolute atomic E-state index is 0.232. The summed E-state index contributed by atoms with van der Waals surface area (Å²) in [6.07, 6.45) is 8.58. The van der Waals surface area contributed by atoms with Crippen LogP contribution in [-0.4, -0.2) is 19.5 Å². The van der Waals surface area contributed by atoms with E-state index in [1.54, 1.807) is 0 Å². The van der Waals surface area contributed by atoms with Crippen LogP contribution in [0.4, 0.5) is 0 Å². The number of benzene rings is 6.